The van der Waals surface area contributed by atoms with Crippen LogP contribution in [0.4, 0.5) is 0 Å². The molecular weight excluding hydrogens is 204 g/mol. The van der Waals surface area contributed by atoms with Crippen LogP contribution in [0.2, 0.25) is 0 Å². The molecule has 0 N–H and O–H groups in total. The van der Waals surface area contributed by atoms with Gasteiger partial charge in [-0.2, -0.15) is 0 Å². The average molecular weight is 223 g/mol. The van der Waals surface area contributed by atoms with Crippen molar-refractivity contribution < 1.29 is 0 Å². The van der Waals surface area contributed by atoms with E-state index in [1.165, 1.54) is 19.6 Å². The standard InChI is InChI=1S/C6H15N.CH2Cl2.ClH/c1-4-7(5-2)6-3;2-1-3;/h4-6H2,1-3H3;1H2;1H. The van der Waals surface area contributed by atoms with Crippen LogP contribution in [0.15, 0.2) is 0 Å². The van der Waals surface area contributed by atoms with E-state index in [1.807, 2.05) is 0 Å². The van der Waals surface area contributed by atoms with Gasteiger partial charge in [-0.15, -0.1) is 35.6 Å². The lowest BCUT2D eigenvalue weighted by Crippen LogP contribution is -2.21. The minimum Gasteiger partial charge on any atom is -0.304 e. The second-order valence-electron chi connectivity index (χ2n) is 1.72. The highest BCUT2D eigenvalue weighted by atomic mass is 35.5. The van der Waals surface area contributed by atoms with Gasteiger partial charge >= 0.3 is 0 Å². The Hall–Kier alpha value is 0.830. The molecule has 11 heavy (non-hydrogen) atoms. The summed E-state index contributed by atoms with van der Waals surface area (Å²) in [7, 11) is 0. The fraction of sp³-hybridized carbons (Fsp3) is 1.00. The largest absolute Gasteiger partial charge is 0.304 e. The predicted octanol–water partition coefficient (Wildman–Crippen LogP) is 3.19. The Balaban J connectivity index is -0.000000140. The van der Waals surface area contributed by atoms with Crippen molar-refractivity contribution >= 4 is 35.6 Å². The molecule has 0 heterocycles. The van der Waals surface area contributed by atoms with Crippen molar-refractivity contribution in [3.63, 3.8) is 0 Å². The van der Waals surface area contributed by atoms with Gasteiger partial charge in [-0.05, 0) is 19.6 Å². The van der Waals surface area contributed by atoms with Gasteiger partial charge in [0.25, 0.3) is 0 Å². The van der Waals surface area contributed by atoms with Crippen LogP contribution >= 0.6 is 35.6 Å². The third-order valence-electron chi connectivity index (χ3n) is 1.34. The second-order valence-corrected chi connectivity index (χ2v) is 2.53. The van der Waals surface area contributed by atoms with Crippen molar-refractivity contribution in [3.8, 4) is 0 Å². The third kappa shape index (κ3) is 18.1. The molecule has 0 unspecified atom stereocenters. The lowest BCUT2D eigenvalue weighted by atomic mass is 10.5. The van der Waals surface area contributed by atoms with Crippen molar-refractivity contribution in [1.82, 2.24) is 4.90 Å². The van der Waals surface area contributed by atoms with Crippen molar-refractivity contribution in [1.29, 1.82) is 0 Å². The van der Waals surface area contributed by atoms with E-state index in [9.17, 15) is 0 Å². The Morgan fingerprint density at radius 2 is 1.09 bits per heavy atom. The molecule has 1 nitrogen and oxygen atoms in total. The summed E-state index contributed by atoms with van der Waals surface area (Å²) in [4.78, 5) is 2.38. The molecule has 0 fully saturated rings. The van der Waals surface area contributed by atoms with Gasteiger partial charge < -0.3 is 4.90 Å². The number of hydrogen-bond acceptors (Lipinski definition) is 1. The quantitative estimate of drug-likeness (QED) is 0.663. The molecule has 0 rings (SSSR count). The smallest absolute Gasteiger partial charge is 0.0967 e. The first-order valence-corrected chi connectivity index (χ1v) is 4.67. The fourth-order valence-corrected chi connectivity index (χ4v) is 0.671. The summed E-state index contributed by atoms with van der Waals surface area (Å²) in [6.07, 6.45) is 0. The van der Waals surface area contributed by atoms with Gasteiger partial charge in [0, 0.05) is 0 Å². The molecule has 0 aliphatic carbocycles. The molecule has 0 saturated carbocycles. The number of hydrogen-bond donors (Lipinski definition) is 0. The van der Waals surface area contributed by atoms with Crippen LogP contribution in [0.25, 0.3) is 0 Å². The fourth-order valence-electron chi connectivity index (χ4n) is 0.671. The van der Waals surface area contributed by atoms with Crippen molar-refractivity contribution in [3.05, 3.63) is 0 Å². The average Bonchev–Trinajstić information content (AvgIpc) is 1.93. The molecule has 0 atom stereocenters. The van der Waals surface area contributed by atoms with Crippen molar-refractivity contribution in [2.75, 3.05) is 25.0 Å². The van der Waals surface area contributed by atoms with Crippen LogP contribution in [0.3, 0.4) is 0 Å². The van der Waals surface area contributed by atoms with Gasteiger partial charge in [0.05, 0.1) is 5.34 Å². The van der Waals surface area contributed by atoms with Gasteiger partial charge in [-0.3, -0.25) is 0 Å². The molecule has 0 aliphatic rings. The molecule has 0 aromatic carbocycles. The van der Waals surface area contributed by atoms with Gasteiger partial charge in [-0.1, -0.05) is 20.8 Å². The zero-order valence-corrected chi connectivity index (χ0v) is 9.77. The van der Waals surface area contributed by atoms with E-state index >= 15 is 0 Å². The van der Waals surface area contributed by atoms with E-state index in [4.69, 9.17) is 23.2 Å². The van der Waals surface area contributed by atoms with E-state index in [0.717, 1.165) is 0 Å². The SMILES string of the molecule is CCN(CC)CC.Cl.ClCCl. The number of rotatable bonds is 3. The summed E-state index contributed by atoms with van der Waals surface area (Å²) >= 11 is 9.53. The first-order chi connectivity index (χ1) is 4.76. The van der Waals surface area contributed by atoms with Gasteiger partial charge in [0.2, 0.25) is 0 Å². The molecule has 0 spiro atoms. The summed E-state index contributed by atoms with van der Waals surface area (Å²) in [6, 6.07) is 0. The third-order valence-corrected chi connectivity index (χ3v) is 1.34. The highest BCUT2D eigenvalue weighted by Crippen LogP contribution is 1.81. The van der Waals surface area contributed by atoms with E-state index < -0.39 is 0 Å². The van der Waals surface area contributed by atoms with E-state index in [1.54, 1.807) is 0 Å². The molecule has 0 aliphatic heterocycles. The van der Waals surface area contributed by atoms with Gasteiger partial charge in [-0.25, -0.2) is 0 Å². The molecule has 0 bridgehead atoms. The molecule has 72 valence electrons. The van der Waals surface area contributed by atoms with E-state index in [2.05, 4.69) is 25.7 Å². The summed E-state index contributed by atoms with van der Waals surface area (Å²) in [5, 5.41) is 0.194. The van der Waals surface area contributed by atoms with Crippen LogP contribution < -0.4 is 0 Å². The second kappa shape index (κ2) is 17.1. The molecule has 0 radical (unpaired) electrons. The Morgan fingerprint density at radius 3 is 1.09 bits per heavy atom. The van der Waals surface area contributed by atoms with E-state index in [-0.39, 0.29) is 17.7 Å². The van der Waals surface area contributed by atoms with Crippen LogP contribution in [-0.2, 0) is 0 Å². The molecule has 0 aromatic heterocycles. The maximum absolute atomic E-state index is 4.76. The van der Waals surface area contributed by atoms with Gasteiger partial charge in [0.15, 0.2) is 0 Å². The zero-order chi connectivity index (χ0) is 8.41. The summed E-state index contributed by atoms with van der Waals surface area (Å²) < 4.78 is 0. The first-order valence-electron chi connectivity index (χ1n) is 3.60. The van der Waals surface area contributed by atoms with Crippen molar-refractivity contribution in [2.45, 2.75) is 20.8 Å². The Labute approximate surface area is 86.5 Å². The molecular formula is C7H18Cl3N. The van der Waals surface area contributed by atoms with E-state index in [0.29, 0.717) is 0 Å². The first kappa shape index (κ1) is 17.8. The summed E-state index contributed by atoms with van der Waals surface area (Å²) in [6.45, 7) is 10.1. The molecule has 0 saturated heterocycles. The number of alkyl halides is 2. The number of halogens is 3. The zero-order valence-electron chi connectivity index (χ0n) is 7.44. The molecule has 0 aromatic rings. The normalized spacial score (nSPS) is 8.18. The van der Waals surface area contributed by atoms with Crippen LogP contribution in [-0.4, -0.2) is 29.9 Å². The topological polar surface area (TPSA) is 3.24 Å². The van der Waals surface area contributed by atoms with Crippen molar-refractivity contribution in [2.24, 2.45) is 0 Å². The Bertz CT molecular complexity index is 43.4. The Kier molecular flexibility index (Phi) is 27.6. The number of nitrogens with zero attached hydrogens (tertiary/aromatic N) is 1. The predicted molar refractivity (Wildman–Crippen MR) is 57.3 cm³/mol. The monoisotopic (exact) mass is 221 g/mol. The summed E-state index contributed by atoms with van der Waals surface area (Å²) in [5.74, 6) is 0. The minimum absolute atomic E-state index is 0. The maximum Gasteiger partial charge on any atom is 0.0967 e. The van der Waals surface area contributed by atoms with Crippen LogP contribution in [0, 0.1) is 0 Å². The highest BCUT2D eigenvalue weighted by molar-refractivity contribution is 6.40. The molecule has 4 heteroatoms. The Morgan fingerprint density at radius 1 is 0.909 bits per heavy atom. The molecule has 0 amide bonds. The minimum atomic E-state index is 0. The van der Waals surface area contributed by atoms with Crippen LogP contribution in [0.5, 0.6) is 0 Å². The lowest BCUT2D eigenvalue weighted by Gasteiger charge is -2.13. The highest BCUT2D eigenvalue weighted by Gasteiger charge is 1.89. The van der Waals surface area contributed by atoms with Crippen LogP contribution in [0.1, 0.15) is 20.8 Å². The maximum atomic E-state index is 4.76. The lowest BCUT2D eigenvalue weighted by molar-refractivity contribution is 0.321. The summed E-state index contributed by atoms with van der Waals surface area (Å²) in [5.41, 5.74) is 0. The van der Waals surface area contributed by atoms with Gasteiger partial charge in [0.1, 0.15) is 0 Å².